The van der Waals surface area contributed by atoms with Crippen LogP contribution in [0.1, 0.15) is 19.0 Å². The number of anilines is 2. The third kappa shape index (κ3) is 3.57. The molecule has 3 aromatic rings. The van der Waals surface area contributed by atoms with Crippen LogP contribution >= 0.6 is 0 Å². The van der Waals surface area contributed by atoms with Gasteiger partial charge in [-0.05, 0) is 24.6 Å². The summed E-state index contributed by atoms with van der Waals surface area (Å²) in [6, 6.07) is 12.1. The highest BCUT2D eigenvalue weighted by Crippen LogP contribution is 2.21. The van der Waals surface area contributed by atoms with Crippen LogP contribution in [0.3, 0.4) is 0 Å². The Kier molecular flexibility index (Phi) is 4.51. The maximum atomic E-state index is 10.9. The highest BCUT2D eigenvalue weighted by Gasteiger charge is 2.09. The molecule has 24 heavy (non-hydrogen) atoms. The molecule has 1 aromatic carbocycles. The molecule has 122 valence electrons. The number of rotatable bonds is 6. The average Bonchev–Trinajstić information content (AvgIpc) is 3.10. The molecule has 0 saturated heterocycles. The van der Waals surface area contributed by atoms with E-state index < -0.39 is 4.92 Å². The van der Waals surface area contributed by atoms with Crippen molar-refractivity contribution in [2.75, 3.05) is 5.32 Å². The minimum absolute atomic E-state index is 0.0235. The Balaban J connectivity index is 1.95. The molecule has 0 fully saturated rings. The van der Waals surface area contributed by atoms with Gasteiger partial charge in [-0.15, -0.1) is 0 Å². The highest BCUT2D eigenvalue weighted by atomic mass is 16.6. The fourth-order valence-electron chi connectivity index (χ4n) is 2.37. The van der Waals surface area contributed by atoms with Gasteiger partial charge in [0.1, 0.15) is 5.82 Å². The molecule has 1 N–H and O–H groups in total. The van der Waals surface area contributed by atoms with Crippen molar-refractivity contribution in [3.05, 3.63) is 70.7 Å². The number of aryl methyl sites for hydroxylation is 1. The SMILES string of the molecule is CCCc1cc(-n2cccc2)nc(Nc2cccc([N+](=O)[O-])c2)n1. The van der Waals surface area contributed by atoms with E-state index in [1.54, 1.807) is 12.1 Å². The van der Waals surface area contributed by atoms with E-state index >= 15 is 0 Å². The lowest BCUT2D eigenvalue weighted by molar-refractivity contribution is -0.384. The lowest BCUT2D eigenvalue weighted by Crippen LogP contribution is -2.05. The molecule has 3 rings (SSSR count). The van der Waals surface area contributed by atoms with Crippen molar-refractivity contribution in [1.29, 1.82) is 0 Å². The monoisotopic (exact) mass is 323 g/mol. The van der Waals surface area contributed by atoms with Gasteiger partial charge in [-0.25, -0.2) is 4.98 Å². The summed E-state index contributed by atoms with van der Waals surface area (Å²) in [4.78, 5) is 19.5. The largest absolute Gasteiger partial charge is 0.324 e. The standard InChI is InChI=1S/C17H17N5O2/c1-2-6-13-12-16(21-9-3-4-10-21)20-17(18-13)19-14-7-5-8-15(11-14)22(23)24/h3-5,7-12H,2,6H2,1H3,(H,18,19,20). The van der Waals surface area contributed by atoms with Crippen LogP contribution < -0.4 is 5.32 Å². The molecule has 0 aliphatic carbocycles. The van der Waals surface area contributed by atoms with Gasteiger partial charge in [0.2, 0.25) is 5.95 Å². The van der Waals surface area contributed by atoms with Crippen molar-refractivity contribution in [1.82, 2.24) is 14.5 Å². The van der Waals surface area contributed by atoms with E-state index in [-0.39, 0.29) is 5.69 Å². The molecule has 0 amide bonds. The van der Waals surface area contributed by atoms with Crippen molar-refractivity contribution >= 4 is 17.3 Å². The Morgan fingerprint density at radius 3 is 2.67 bits per heavy atom. The number of benzene rings is 1. The lowest BCUT2D eigenvalue weighted by Gasteiger charge is -2.10. The Labute approximate surface area is 139 Å². The molecule has 0 radical (unpaired) electrons. The zero-order valence-electron chi connectivity index (χ0n) is 13.2. The molecule has 2 aromatic heterocycles. The van der Waals surface area contributed by atoms with Crippen LogP contribution in [0.2, 0.25) is 0 Å². The third-order valence-electron chi connectivity index (χ3n) is 3.45. The number of nitrogens with one attached hydrogen (secondary N) is 1. The topological polar surface area (TPSA) is 85.9 Å². The van der Waals surface area contributed by atoms with E-state index in [1.807, 2.05) is 35.2 Å². The van der Waals surface area contributed by atoms with Crippen LogP contribution in [0.5, 0.6) is 0 Å². The normalized spacial score (nSPS) is 10.5. The van der Waals surface area contributed by atoms with Crippen molar-refractivity contribution in [3.63, 3.8) is 0 Å². The first-order valence-electron chi connectivity index (χ1n) is 7.68. The van der Waals surface area contributed by atoms with E-state index in [0.29, 0.717) is 11.6 Å². The van der Waals surface area contributed by atoms with E-state index in [2.05, 4.69) is 22.2 Å². The van der Waals surface area contributed by atoms with E-state index in [4.69, 9.17) is 0 Å². The molecule has 2 heterocycles. The molecule has 0 aliphatic heterocycles. The summed E-state index contributed by atoms with van der Waals surface area (Å²) in [7, 11) is 0. The lowest BCUT2D eigenvalue weighted by atomic mass is 10.2. The molecule has 0 unspecified atom stereocenters. The number of aromatic nitrogens is 3. The molecule has 0 saturated carbocycles. The number of nitrogens with zero attached hydrogens (tertiary/aromatic N) is 4. The van der Waals surface area contributed by atoms with Crippen LogP contribution in [-0.4, -0.2) is 19.5 Å². The zero-order valence-corrected chi connectivity index (χ0v) is 13.2. The van der Waals surface area contributed by atoms with Gasteiger partial charge in [-0.2, -0.15) is 4.98 Å². The molecule has 0 bridgehead atoms. The summed E-state index contributed by atoms with van der Waals surface area (Å²) in [5, 5.41) is 14.0. The van der Waals surface area contributed by atoms with Gasteiger partial charge in [0, 0.05) is 42.0 Å². The van der Waals surface area contributed by atoms with Crippen molar-refractivity contribution in [3.8, 4) is 5.82 Å². The predicted octanol–water partition coefficient (Wildman–Crippen LogP) is 3.87. The first-order valence-corrected chi connectivity index (χ1v) is 7.68. The molecular formula is C17H17N5O2. The fraction of sp³-hybridized carbons (Fsp3) is 0.176. The smallest absolute Gasteiger partial charge is 0.271 e. The first-order chi connectivity index (χ1) is 11.7. The van der Waals surface area contributed by atoms with E-state index in [1.165, 1.54) is 12.1 Å². The summed E-state index contributed by atoms with van der Waals surface area (Å²) in [5.41, 5.74) is 1.52. The first kappa shape index (κ1) is 15.7. The maximum absolute atomic E-state index is 10.9. The highest BCUT2D eigenvalue weighted by molar-refractivity contribution is 5.58. The van der Waals surface area contributed by atoms with Crippen LogP contribution in [-0.2, 0) is 6.42 Å². The van der Waals surface area contributed by atoms with Crippen molar-refractivity contribution in [2.45, 2.75) is 19.8 Å². The van der Waals surface area contributed by atoms with Crippen LogP contribution in [0.15, 0.2) is 54.9 Å². The second kappa shape index (κ2) is 6.91. The van der Waals surface area contributed by atoms with E-state index in [9.17, 15) is 10.1 Å². The minimum atomic E-state index is -0.426. The molecule has 0 atom stereocenters. The van der Waals surface area contributed by atoms with Gasteiger partial charge in [0.25, 0.3) is 5.69 Å². The fourth-order valence-corrected chi connectivity index (χ4v) is 2.37. The second-order valence-electron chi connectivity index (χ2n) is 5.31. The van der Waals surface area contributed by atoms with Gasteiger partial charge < -0.3 is 9.88 Å². The van der Waals surface area contributed by atoms with Crippen LogP contribution in [0.4, 0.5) is 17.3 Å². The van der Waals surface area contributed by atoms with E-state index in [0.717, 1.165) is 24.4 Å². The number of nitro benzene ring substituents is 1. The van der Waals surface area contributed by atoms with Gasteiger partial charge >= 0.3 is 0 Å². The molecule has 7 nitrogen and oxygen atoms in total. The van der Waals surface area contributed by atoms with Crippen LogP contribution in [0, 0.1) is 10.1 Å². The van der Waals surface area contributed by atoms with Crippen molar-refractivity contribution in [2.24, 2.45) is 0 Å². The average molecular weight is 323 g/mol. The predicted molar refractivity (Wildman–Crippen MR) is 91.7 cm³/mol. The van der Waals surface area contributed by atoms with Gasteiger partial charge in [-0.1, -0.05) is 19.4 Å². The summed E-state index contributed by atoms with van der Waals surface area (Å²) < 4.78 is 1.90. The Bertz CT molecular complexity index is 846. The quantitative estimate of drug-likeness (QED) is 0.549. The number of nitro groups is 1. The molecular weight excluding hydrogens is 306 g/mol. The summed E-state index contributed by atoms with van der Waals surface area (Å²) in [6.45, 7) is 2.09. The molecule has 0 spiro atoms. The summed E-state index contributed by atoms with van der Waals surface area (Å²) in [6.07, 6.45) is 5.63. The van der Waals surface area contributed by atoms with Gasteiger partial charge in [-0.3, -0.25) is 10.1 Å². The molecule has 0 aliphatic rings. The van der Waals surface area contributed by atoms with Gasteiger partial charge in [0.05, 0.1) is 4.92 Å². The van der Waals surface area contributed by atoms with Gasteiger partial charge in [0.15, 0.2) is 0 Å². The second-order valence-corrected chi connectivity index (χ2v) is 5.31. The number of hydrogen-bond acceptors (Lipinski definition) is 5. The maximum Gasteiger partial charge on any atom is 0.271 e. The Morgan fingerprint density at radius 2 is 1.96 bits per heavy atom. The number of hydrogen-bond donors (Lipinski definition) is 1. The Morgan fingerprint density at radius 1 is 1.17 bits per heavy atom. The third-order valence-corrected chi connectivity index (χ3v) is 3.45. The number of non-ortho nitro benzene ring substituents is 1. The summed E-state index contributed by atoms with van der Waals surface area (Å²) in [5.74, 6) is 1.18. The van der Waals surface area contributed by atoms with Crippen molar-refractivity contribution < 1.29 is 4.92 Å². The minimum Gasteiger partial charge on any atom is -0.324 e. The zero-order chi connectivity index (χ0) is 16.9. The molecule has 7 heteroatoms. The Hall–Kier alpha value is -3.22. The van der Waals surface area contributed by atoms with Crippen LogP contribution in [0.25, 0.3) is 5.82 Å². The summed E-state index contributed by atoms with van der Waals surface area (Å²) >= 11 is 0.